The molecule has 0 saturated carbocycles. The topological polar surface area (TPSA) is 140 Å². The minimum Gasteiger partial charge on any atom is -0.494 e. The molecule has 12 heteroatoms. The van der Waals surface area contributed by atoms with E-state index in [1.807, 2.05) is 6.92 Å². The van der Waals surface area contributed by atoms with E-state index in [1.54, 1.807) is 78.9 Å². The minimum atomic E-state index is -4.07. The Kier molecular flexibility index (Phi) is 9.85. The average molecular weight is 589 g/mol. The van der Waals surface area contributed by atoms with Crippen molar-refractivity contribution in [1.82, 2.24) is 5.43 Å². The van der Waals surface area contributed by atoms with E-state index < -0.39 is 27.4 Å². The van der Waals surface area contributed by atoms with Gasteiger partial charge in [0.15, 0.2) is 0 Å². The highest BCUT2D eigenvalue weighted by molar-refractivity contribution is 7.92. The smallest absolute Gasteiger partial charge is 0.269 e. The summed E-state index contributed by atoms with van der Waals surface area (Å²) in [7, 11) is -4.07. The fourth-order valence-corrected chi connectivity index (χ4v) is 5.21. The van der Waals surface area contributed by atoms with Crippen LogP contribution in [0.5, 0.6) is 11.5 Å². The number of nitrogens with zero attached hydrogens (tertiary/aromatic N) is 3. The van der Waals surface area contributed by atoms with Crippen molar-refractivity contribution in [3.63, 3.8) is 0 Å². The van der Waals surface area contributed by atoms with Crippen molar-refractivity contribution in [2.45, 2.75) is 18.4 Å². The summed E-state index contributed by atoms with van der Waals surface area (Å²) >= 11 is 0. The van der Waals surface area contributed by atoms with Crippen molar-refractivity contribution in [1.29, 1.82) is 0 Å². The van der Waals surface area contributed by atoms with Crippen molar-refractivity contribution >= 4 is 33.5 Å². The maximum absolute atomic E-state index is 13.5. The van der Waals surface area contributed by atoms with E-state index >= 15 is 0 Å². The summed E-state index contributed by atoms with van der Waals surface area (Å²) in [6.07, 6.45) is 1.42. The first-order valence-electron chi connectivity index (χ1n) is 12.8. The molecule has 4 aromatic carbocycles. The number of non-ortho nitro benzene ring substituents is 1. The summed E-state index contributed by atoms with van der Waals surface area (Å²) in [5, 5.41) is 14.7. The number of nitro benzene ring substituents is 1. The lowest BCUT2D eigenvalue weighted by Gasteiger charge is -2.23. The first-order valence-corrected chi connectivity index (χ1v) is 14.3. The van der Waals surface area contributed by atoms with Gasteiger partial charge in [0.05, 0.1) is 28.3 Å². The SMILES string of the molecule is CCOc1ccc(S(=O)(=O)N(CC(=O)N/N=C\c2ccc(OCc3ccc([N+](=O)[O-])cc3)cc2)c2ccccc2)cc1. The van der Waals surface area contributed by atoms with Gasteiger partial charge in [0, 0.05) is 12.1 Å². The summed E-state index contributed by atoms with van der Waals surface area (Å²) in [6, 6.07) is 27.3. The number of sulfonamides is 1. The molecule has 0 unspecified atom stereocenters. The van der Waals surface area contributed by atoms with Crippen LogP contribution in [-0.4, -0.2) is 38.6 Å². The van der Waals surface area contributed by atoms with Crippen LogP contribution in [0.4, 0.5) is 11.4 Å². The quantitative estimate of drug-likeness (QED) is 0.133. The predicted octanol–water partition coefficient (Wildman–Crippen LogP) is 4.92. The van der Waals surface area contributed by atoms with Crippen molar-refractivity contribution in [3.05, 3.63) is 124 Å². The Morgan fingerprint density at radius 3 is 2.14 bits per heavy atom. The van der Waals surface area contributed by atoms with Crippen molar-refractivity contribution in [2.24, 2.45) is 5.10 Å². The summed E-state index contributed by atoms with van der Waals surface area (Å²) in [5.74, 6) is 0.485. The normalized spacial score (nSPS) is 11.2. The van der Waals surface area contributed by atoms with E-state index in [9.17, 15) is 23.3 Å². The van der Waals surface area contributed by atoms with Gasteiger partial charge in [0.25, 0.3) is 21.6 Å². The van der Waals surface area contributed by atoms with Crippen LogP contribution in [0.3, 0.4) is 0 Å². The van der Waals surface area contributed by atoms with E-state index in [2.05, 4.69) is 10.5 Å². The number of amides is 1. The van der Waals surface area contributed by atoms with Gasteiger partial charge in [-0.2, -0.15) is 5.10 Å². The number of anilines is 1. The van der Waals surface area contributed by atoms with Gasteiger partial charge < -0.3 is 9.47 Å². The molecule has 4 rings (SSSR count). The van der Waals surface area contributed by atoms with Gasteiger partial charge in [0.2, 0.25) is 0 Å². The van der Waals surface area contributed by atoms with Gasteiger partial charge in [-0.3, -0.25) is 19.2 Å². The van der Waals surface area contributed by atoms with Crippen molar-refractivity contribution in [3.8, 4) is 11.5 Å². The number of nitrogens with one attached hydrogen (secondary N) is 1. The maximum atomic E-state index is 13.5. The molecular formula is C30H28N4O7S. The lowest BCUT2D eigenvalue weighted by Crippen LogP contribution is -2.39. The van der Waals surface area contributed by atoms with Crippen LogP contribution in [0.25, 0.3) is 0 Å². The highest BCUT2D eigenvalue weighted by atomic mass is 32.2. The number of hydrogen-bond acceptors (Lipinski definition) is 8. The monoisotopic (exact) mass is 588 g/mol. The second kappa shape index (κ2) is 13.9. The molecule has 1 amide bonds. The molecule has 0 heterocycles. The Morgan fingerprint density at radius 2 is 1.52 bits per heavy atom. The third-order valence-corrected chi connectivity index (χ3v) is 7.68. The molecular weight excluding hydrogens is 560 g/mol. The van der Waals surface area contributed by atoms with Gasteiger partial charge in [-0.05, 0) is 90.8 Å². The Bertz CT molecular complexity index is 1630. The molecule has 216 valence electrons. The van der Waals surface area contributed by atoms with Gasteiger partial charge in [0.1, 0.15) is 24.7 Å². The Morgan fingerprint density at radius 1 is 0.905 bits per heavy atom. The zero-order chi connectivity index (χ0) is 30.0. The standard InChI is InChI=1S/C30H28N4O7S/c1-2-40-27-16-18-29(19-17-27)42(38,39)33(25-6-4-3-5-7-25)21-30(35)32-31-20-23-10-14-28(15-11-23)41-22-24-8-12-26(13-9-24)34(36)37/h3-20H,2,21-22H2,1H3,(H,32,35)/b31-20-. The first-order chi connectivity index (χ1) is 20.3. The lowest BCUT2D eigenvalue weighted by molar-refractivity contribution is -0.384. The van der Waals surface area contributed by atoms with E-state index in [4.69, 9.17) is 9.47 Å². The number of ether oxygens (including phenoxy) is 2. The van der Waals surface area contributed by atoms with Crippen LogP contribution in [0.15, 0.2) is 113 Å². The number of nitro groups is 1. The third-order valence-electron chi connectivity index (χ3n) is 5.89. The molecule has 4 aromatic rings. The molecule has 42 heavy (non-hydrogen) atoms. The summed E-state index contributed by atoms with van der Waals surface area (Å²) < 4.78 is 39.1. The fourth-order valence-electron chi connectivity index (χ4n) is 3.79. The second-order valence-electron chi connectivity index (χ2n) is 8.83. The molecule has 0 spiro atoms. The number of carbonyl (C=O) groups excluding carboxylic acids is 1. The summed E-state index contributed by atoms with van der Waals surface area (Å²) in [6.45, 7) is 2.02. The van der Waals surface area contributed by atoms with Crippen molar-refractivity contribution < 1.29 is 27.6 Å². The lowest BCUT2D eigenvalue weighted by atomic mass is 10.2. The maximum Gasteiger partial charge on any atom is 0.269 e. The zero-order valence-corrected chi connectivity index (χ0v) is 23.4. The van der Waals surface area contributed by atoms with Crippen LogP contribution in [0.2, 0.25) is 0 Å². The Balaban J connectivity index is 1.36. The minimum absolute atomic E-state index is 0.0107. The van der Waals surface area contributed by atoms with Gasteiger partial charge in [-0.25, -0.2) is 13.8 Å². The number of carbonyl (C=O) groups is 1. The molecule has 0 bridgehead atoms. The highest BCUT2D eigenvalue weighted by Crippen LogP contribution is 2.25. The average Bonchev–Trinajstić information content (AvgIpc) is 3.00. The summed E-state index contributed by atoms with van der Waals surface area (Å²) in [5.41, 5.74) is 4.17. The van der Waals surface area contributed by atoms with Crippen LogP contribution >= 0.6 is 0 Å². The van der Waals surface area contributed by atoms with Crippen LogP contribution in [0, 0.1) is 10.1 Å². The molecule has 0 fully saturated rings. The first kappa shape index (κ1) is 29.7. The van der Waals surface area contributed by atoms with E-state index in [-0.39, 0.29) is 17.2 Å². The number of para-hydroxylation sites is 1. The molecule has 0 radical (unpaired) electrons. The van der Waals surface area contributed by atoms with Gasteiger partial charge in [-0.1, -0.05) is 18.2 Å². The largest absolute Gasteiger partial charge is 0.494 e. The van der Waals surface area contributed by atoms with Crippen LogP contribution in [-0.2, 0) is 21.4 Å². The number of rotatable bonds is 13. The molecule has 0 aliphatic heterocycles. The Hall–Kier alpha value is -5.23. The number of hydrazone groups is 1. The third kappa shape index (κ3) is 7.92. The molecule has 0 saturated heterocycles. The second-order valence-corrected chi connectivity index (χ2v) is 10.7. The van der Waals surface area contributed by atoms with Crippen molar-refractivity contribution in [2.75, 3.05) is 17.5 Å². The molecule has 0 aliphatic rings. The molecule has 0 aromatic heterocycles. The number of benzene rings is 4. The number of hydrogen-bond donors (Lipinski definition) is 1. The zero-order valence-electron chi connectivity index (χ0n) is 22.6. The van der Waals surface area contributed by atoms with Crippen LogP contribution in [0.1, 0.15) is 18.1 Å². The fraction of sp³-hybridized carbons (Fsp3) is 0.133. The predicted molar refractivity (Wildman–Crippen MR) is 158 cm³/mol. The Labute approximate surface area is 243 Å². The molecule has 11 nitrogen and oxygen atoms in total. The van der Waals surface area contributed by atoms with Gasteiger partial charge in [-0.15, -0.1) is 0 Å². The van der Waals surface area contributed by atoms with E-state index in [0.29, 0.717) is 29.4 Å². The van der Waals surface area contributed by atoms with E-state index in [0.717, 1.165) is 9.87 Å². The highest BCUT2D eigenvalue weighted by Gasteiger charge is 2.27. The molecule has 0 aliphatic carbocycles. The summed E-state index contributed by atoms with van der Waals surface area (Å²) in [4.78, 5) is 23.1. The molecule has 1 N–H and O–H groups in total. The molecule has 0 atom stereocenters. The van der Waals surface area contributed by atoms with Gasteiger partial charge >= 0.3 is 0 Å². The van der Waals surface area contributed by atoms with E-state index in [1.165, 1.54) is 30.5 Å². The van der Waals surface area contributed by atoms with Crippen LogP contribution < -0.4 is 19.2 Å².